The summed E-state index contributed by atoms with van der Waals surface area (Å²) in [7, 11) is 1.55. The Kier molecular flexibility index (Phi) is 4.72. The molecule has 0 bridgehead atoms. The first-order valence-electron chi connectivity index (χ1n) is 8.86. The summed E-state index contributed by atoms with van der Waals surface area (Å²) in [6, 6.07) is 21.0. The van der Waals surface area contributed by atoms with Gasteiger partial charge in [0.05, 0.1) is 13.4 Å². The van der Waals surface area contributed by atoms with Crippen molar-refractivity contribution >= 4 is 16.7 Å². The van der Waals surface area contributed by atoms with E-state index in [1.54, 1.807) is 55.8 Å². The van der Waals surface area contributed by atoms with Gasteiger partial charge >= 0.3 is 0 Å². The topological polar surface area (TPSA) is 71.7 Å². The van der Waals surface area contributed by atoms with Gasteiger partial charge in [-0.1, -0.05) is 36.4 Å². The molecule has 5 heteroatoms. The van der Waals surface area contributed by atoms with Crippen molar-refractivity contribution < 1.29 is 19.1 Å². The maximum atomic E-state index is 12.9. The van der Waals surface area contributed by atoms with Crippen LogP contribution < -0.4 is 10.1 Å². The molecule has 0 saturated carbocycles. The van der Waals surface area contributed by atoms with Crippen LogP contribution in [0, 0.1) is 0 Å². The molecule has 2 N–H and O–H groups in total. The largest absolute Gasteiger partial charge is 0.508 e. The number of nitrogens with one attached hydrogen (secondary N) is 1. The number of methoxy groups -OCH3 is 1. The van der Waals surface area contributed by atoms with Gasteiger partial charge in [-0.3, -0.25) is 4.79 Å². The number of benzene rings is 3. The summed E-state index contributed by atoms with van der Waals surface area (Å²) in [5, 5.41) is 15.4. The van der Waals surface area contributed by atoms with E-state index in [-0.39, 0.29) is 11.7 Å². The van der Waals surface area contributed by atoms with Gasteiger partial charge in [0.2, 0.25) is 0 Å². The van der Waals surface area contributed by atoms with Crippen LogP contribution in [0.5, 0.6) is 11.5 Å². The van der Waals surface area contributed by atoms with Crippen LogP contribution in [-0.2, 0) is 0 Å². The molecule has 140 valence electrons. The zero-order valence-corrected chi connectivity index (χ0v) is 15.3. The van der Waals surface area contributed by atoms with E-state index in [9.17, 15) is 9.90 Å². The lowest BCUT2D eigenvalue weighted by molar-refractivity contribution is 0.0938. The van der Waals surface area contributed by atoms with E-state index in [1.807, 2.05) is 30.3 Å². The maximum Gasteiger partial charge on any atom is 0.252 e. The molecule has 0 fully saturated rings. The Morgan fingerprint density at radius 2 is 1.89 bits per heavy atom. The number of amides is 1. The monoisotopic (exact) mass is 373 g/mol. The molecule has 1 heterocycles. The van der Waals surface area contributed by atoms with Crippen molar-refractivity contribution in [3.05, 3.63) is 95.9 Å². The van der Waals surface area contributed by atoms with Crippen LogP contribution in [-0.4, -0.2) is 18.1 Å². The highest BCUT2D eigenvalue weighted by Crippen LogP contribution is 2.36. The summed E-state index contributed by atoms with van der Waals surface area (Å²) in [4.78, 5) is 12.9. The quantitative estimate of drug-likeness (QED) is 0.533. The van der Waals surface area contributed by atoms with Gasteiger partial charge in [-0.05, 0) is 47.2 Å². The van der Waals surface area contributed by atoms with Crippen LogP contribution in [0.1, 0.15) is 27.7 Å². The third kappa shape index (κ3) is 3.30. The molecular weight excluding hydrogens is 354 g/mol. The lowest BCUT2D eigenvalue weighted by Gasteiger charge is -2.20. The third-order valence-electron chi connectivity index (χ3n) is 4.67. The average Bonchev–Trinajstić information content (AvgIpc) is 3.27. The molecule has 1 atom stereocenters. The number of phenols is 1. The smallest absolute Gasteiger partial charge is 0.252 e. The van der Waals surface area contributed by atoms with Gasteiger partial charge in [0.25, 0.3) is 5.91 Å². The molecule has 0 radical (unpaired) electrons. The molecule has 0 aliphatic carbocycles. The first-order chi connectivity index (χ1) is 13.7. The minimum absolute atomic E-state index is 0.0889. The van der Waals surface area contributed by atoms with Crippen molar-refractivity contribution in [3.8, 4) is 11.5 Å². The summed E-state index contributed by atoms with van der Waals surface area (Å²) in [5.74, 6) is 0.914. The van der Waals surface area contributed by atoms with E-state index in [2.05, 4.69) is 5.32 Å². The summed E-state index contributed by atoms with van der Waals surface area (Å²) < 4.78 is 10.8. The minimum Gasteiger partial charge on any atom is -0.508 e. The van der Waals surface area contributed by atoms with Gasteiger partial charge in [0.15, 0.2) is 0 Å². The highest BCUT2D eigenvalue weighted by atomic mass is 16.5. The van der Waals surface area contributed by atoms with E-state index >= 15 is 0 Å². The van der Waals surface area contributed by atoms with Crippen LogP contribution in [0.4, 0.5) is 0 Å². The van der Waals surface area contributed by atoms with Crippen LogP contribution >= 0.6 is 0 Å². The second-order valence-corrected chi connectivity index (χ2v) is 6.37. The van der Waals surface area contributed by atoms with Crippen LogP contribution in [0.3, 0.4) is 0 Å². The number of phenolic OH excluding ortho intramolecular Hbond substituents is 1. The molecule has 0 aliphatic rings. The Labute approximate surface area is 162 Å². The summed E-state index contributed by atoms with van der Waals surface area (Å²) in [6.45, 7) is 0. The van der Waals surface area contributed by atoms with Crippen LogP contribution in [0.25, 0.3) is 10.8 Å². The predicted molar refractivity (Wildman–Crippen MR) is 107 cm³/mol. The molecule has 4 rings (SSSR count). The molecular formula is C23H19NO4. The molecule has 1 amide bonds. The first kappa shape index (κ1) is 17.7. The summed E-state index contributed by atoms with van der Waals surface area (Å²) >= 11 is 0. The Hall–Kier alpha value is -3.73. The van der Waals surface area contributed by atoms with Crippen LogP contribution in [0.2, 0.25) is 0 Å². The van der Waals surface area contributed by atoms with E-state index in [0.717, 1.165) is 10.8 Å². The molecule has 5 nitrogen and oxygen atoms in total. The van der Waals surface area contributed by atoms with E-state index in [4.69, 9.17) is 9.15 Å². The fourth-order valence-corrected chi connectivity index (χ4v) is 3.31. The number of furan rings is 1. The number of aromatic hydroxyl groups is 1. The molecule has 1 aromatic heterocycles. The fraction of sp³-hybridized carbons (Fsp3) is 0.0870. The Morgan fingerprint density at radius 3 is 2.68 bits per heavy atom. The van der Waals surface area contributed by atoms with Crippen molar-refractivity contribution in [1.29, 1.82) is 0 Å². The zero-order valence-electron chi connectivity index (χ0n) is 15.3. The highest BCUT2D eigenvalue weighted by Gasteiger charge is 2.25. The van der Waals surface area contributed by atoms with Gasteiger partial charge < -0.3 is 19.6 Å². The van der Waals surface area contributed by atoms with E-state index in [0.29, 0.717) is 22.6 Å². The van der Waals surface area contributed by atoms with E-state index < -0.39 is 6.04 Å². The Balaban J connectivity index is 1.80. The first-order valence-corrected chi connectivity index (χ1v) is 8.86. The Morgan fingerprint density at radius 1 is 1.04 bits per heavy atom. The third-order valence-corrected chi connectivity index (χ3v) is 4.67. The number of fused-ring (bicyclic) bond motifs is 1. The molecule has 0 saturated heterocycles. The number of hydrogen-bond donors (Lipinski definition) is 2. The zero-order chi connectivity index (χ0) is 19.5. The second-order valence-electron chi connectivity index (χ2n) is 6.37. The summed E-state index contributed by atoms with van der Waals surface area (Å²) in [5.41, 5.74) is 1.04. The number of rotatable bonds is 5. The molecule has 0 unspecified atom stereocenters. The second kappa shape index (κ2) is 7.48. The lowest BCUT2D eigenvalue weighted by atomic mass is 9.95. The SMILES string of the molecule is COc1cccc(C(=O)N[C@@H](c2ccco2)c2c(O)ccc3ccccc23)c1. The molecule has 0 spiro atoms. The van der Waals surface area contributed by atoms with Crippen molar-refractivity contribution in [1.82, 2.24) is 5.32 Å². The lowest BCUT2D eigenvalue weighted by Crippen LogP contribution is -2.29. The maximum absolute atomic E-state index is 12.9. The molecule has 3 aromatic carbocycles. The summed E-state index contributed by atoms with van der Waals surface area (Å²) in [6.07, 6.45) is 1.54. The van der Waals surface area contributed by atoms with Gasteiger partial charge in [-0.15, -0.1) is 0 Å². The van der Waals surface area contributed by atoms with Crippen molar-refractivity contribution in [2.45, 2.75) is 6.04 Å². The number of carbonyl (C=O) groups is 1. The van der Waals surface area contributed by atoms with Crippen molar-refractivity contribution in [3.63, 3.8) is 0 Å². The molecule has 0 aliphatic heterocycles. The normalized spacial score (nSPS) is 11.9. The van der Waals surface area contributed by atoms with Gasteiger partial charge in [0.1, 0.15) is 23.3 Å². The molecule has 28 heavy (non-hydrogen) atoms. The molecule has 4 aromatic rings. The number of carbonyl (C=O) groups excluding carboxylic acids is 1. The van der Waals surface area contributed by atoms with Gasteiger partial charge in [-0.25, -0.2) is 0 Å². The van der Waals surface area contributed by atoms with Crippen molar-refractivity contribution in [2.24, 2.45) is 0 Å². The van der Waals surface area contributed by atoms with Gasteiger partial charge in [-0.2, -0.15) is 0 Å². The standard InChI is InChI=1S/C23H19NO4/c1-27-17-8-4-7-16(14-17)23(26)24-22(20-10-5-13-28-20)21-18-9-3-2-6-15(18)11-12-19(21)25/h2-14,22,25H,1H3,(H,24,26)/t22-/m0/s1. The van der Waals surface area contributed by atoms with Crippen molar-refractivity contribution in [2.75, 3.05) is 7.11 Å². The number of ether oxygens (including phenoxy) is 1. The van der Waals surface area contributed by atoms with E-state index in [1.165, 1.54) is 0 Å². The Bertz CT molecular complexity index is 1120. The fourth-order valence-electron chi connectivity index (χ4n) is 3.31. The number of hydrogen-bond acceptors (Lipinski definition) is 4. The predicted octanol–water partition coefficient (Wildman–Crippen LogP) is 4.67. The average molecular weight is 373 g/mol. The minimum atomic E-state index is -0.653. The van der Waals surface area contributed by atoms with Gasteiger partial charge in [0, 0.05) is 11.1 Å². The highest BCUT2D eigenvalue weighted by molar-refractivity contribution is 5.96. The van der Waals surface area contributed by atoms with Crippen LogP contribution in [0.15, 0.2) is 83.5 Å².